The summed E-state index contributed by atoms with van der Waals surface area (Å²) in [6, 6.07) is 5.78. The fourth-order valence-electron chi connectivity index (χ4n) is 2.68. The fraction of sp³-hybridized carbons (Fsp3) is 0.471. The minimum atomic E-state index is 0.536. The normalized spacial score (nSPS) is 14.9. The summed E-state index contributed by atoms with van der Waals surface area (Å²) in [6.07, 6.45) is 0.993. The molecule has 2 heterocycles. The largest absolute Gasteiger partial charge is 0.497 e. The Labute approximate surface area is 147 Å². The Morgan fingerprint density at radius 2 is 2.16 bits per heavy atom. The molecule has 8 nitrogen and oxygen atoms in total. The van der Waals surface area contributed by atoms with Crippen LogP contribution in [0, 0.1) is 6.92 Å². The third-order valence-corrected chi connectivity index (χ3v) is 4.05. The van der Waals surface area contributed by atoms with Crippen LogP contribution in [0.1, 0.15) is 12.1 Å². The Kier molecular flexibility index (Phi) is 5.62. The van der Waals surface area contributed by atoms with E-state index in [4.69, 9.17) is 9.47 Å². The Bertz CT molecular complexity index is 764. The summed E-state index contributed by atoms with van der Waals surface area (Å²) in [7, 11) is 3.37. The molecule has 2 N–H and O–H groups in total. The van der Waals surface area contributed by atoms with Gasteiger partial charge in [-0.1, -0.05) is 0 Å². The third-order valence-electron chi connectivity index (χ3n) is 4.05. The molecule has 25 heavy (non-hydrogen) atoms. The average molecular weight is 344 g/mol. The Hall–Kier alpha value is -2.45. The molecule has 1 aromatic carbocycles. The first-order valence-corrected chi connectivity index (χ1v) is 8.28. The highest BCUT2D eigenvalue weighted by Gasteiger charge is 2.13. The zero-order chi connectivity index (χ0) is 17.6. The fourth-order valence-corrected chi connectivity index (χ4v) is 2.68. The highest BCUT2D eigenvalue weighted by molar-refractivity contribution is 5.93. The molecule has 0 radical (unpaired) electrons. The lowest BCUT2D eigenvalue weighted by Crippen LogP contribution is -2.46. The second kappa shape index (κ2) is 8.09. The van der Waals surface area contributed by atoms with E-state index in [1.54, 1.807) is 14.2 Å². The lowest BCUT2D eigenvalue weighted by molar-refractivity contribution is 0.170. The van der Waals surface area contributed by atoms with Crippen LogP contribution >= 0.6 is 0 Å². The smallest absolute Gasteiger partial charge is 0.230 e. The highest BCUT2D eigenvalue weighted by atomic mass is 16.5. The number of guanidine groups is 1. The number of aromatic nitrogens is 2. The van der Waals surface area contributed by atoms with Crippen LogP contribution in [0.4, 0.5) is 5.95 Å². The molecule has 2 aromatic rings. The van der Waals surface area contributed by atoms with Gasteiger partial charge in [0, 0.05) is 25.6 Å². The van der Waals surface area contributed by atoms with E-state index in [0.29, 0.717) is 18.6 Å². The minimum absolute atomic E-state index is 0.536. The van der Waals surface area contributed by atoms with Crippen molar-refractivity contribution in [2.75, 3.05) is 46.0 Å². The van der Waals surface area contributed by atoms with Gasteiger partial charge in [0.05, 0.1) is 31.7 Å². The first kappa shape index (κ1) is 17.4. The predicted molar refractivity (Wildman–Crippen MR) is 98.0 cm³/mol. The molecular weight excluding hydrogens is 320 g/mol. The number of methoxy groups -OCH3 is 2. The van der Waals surface area contributed by atoms with Gasteiger partial charge in [-0.25, -0.2) is 15.0 Å². The maximum atomic E-state index is 5.26. The van der Waals surface area contributed by atoms with Gasteiger partial charge in [-0.15, -0.1) is 0 Å². The van der Waals surface area contributed by atoms with E-state index in [0.717, 1.165) is 48.6 Å². The zero-order valence-electron chi connectivity index (χ0n) is 14.9. The molecule has 0 saturated carbocycles. The van der Waals surface area contributed by atoms with Gasteiger partial charge >= 0.3 is 0 Å². The van der Waals surface area contributed by atoms with Gasteiger partial charge in [0.1, 0.15) is 5.75 Å². The number of nitrogens with zero attached hydrogens (tertiary/aromatic N) is 4. The molecule has 0 fully saturated rings. The molecule has 3 rings (SSSR count). The van der Waals surface area contributed by atoms with Crippen LogP contribution in [0.25, 0.3) is 10.9 Å². The molecule has 0 bridgehead atoms. The number of hydrogen-bond acceptors (Lipinski definition) is 8. The maximum Gasteiger partial charge on any atom is 0.230 e. The van der Waals surface area contributed by atoms with Crippen molar-refractivity contribution in [1.82, 2.24) is 20.2 Å². The summed E-state index contributed by atoms with van der Waals surface area (Å²) < 4.78 is 10.3. The molecule has 1 aromatic heterocycles. The Balaban J connectivity index is 1.67. The summed E-state index contributed by atoms with van der Waals surface area (Å²) in [6.45, 7) is 5.05. The number of fused-ring (bicyclic) bond motifs is 1. The third kappa shape index (κ3) is 4.34. The van der Waals surface area contributed by atoms with E-state index in [-0.39, 0.29) is 0 Å². The van der Waals surface area contributed by atoms with E-state index >= 15 is 0 Å². The zero-order valence-corrected chi connectivity index (χ0v) is 14.9. The summed E-state index contributed by atoms with van der Waals surface area (Å²) in [4.78, 5) is 15.8. The standard InChI is InChI=1S/C17H24N6O2/c1-12-14-9-13(25-3)5-6-15(14)21-17(20-12)22-16-18-10-23(11-19-16)7-4-8-24-2/h5-6,9H,4,7-8,10-11H2,1-3H3,(H2,18,19,20,21,22). The molecule has 0 saturated heterocycles. The van der Waals surface area contributed by atoms with Gasteiger partial charge in [0.25, 0.3) is 0 Å². The first-order chi connectivity index (χ1) is 12.2. The second-order valence-electron chi connectivity index (χ2n) is 5.86. The lowest BCUT2D eigenvalue weighted by atomic mass is 10.2. The van der Waals surface area contributed by atoms with Crippen molar-refractivity contribution < 1.29 is 9.47 Å². The van der Waals surface area contributed by atoms with E-state index in [1.165, 1.54) is 0 Å². The molecule has 1 aliphatic rings. The van der Waals surface area contributed by atoms with Crippen molar-refractivity contribution in [3.05, 3.63) is 23.9 Å². The van der Waals surface area contributed by atoms with E-state index in [9.17, 15) is 0 Å². The van der Waals surface area contributed by atoms with Crippen molar-refractivity contribution in [3.8, 4) is 5.75 Å². The maximum absolute atomic E-state index is 5.26. The SMILES string of the molecule is COCCCN1CN=C(Nc2nc(C)c3cc(OC)ccc3n2)NC1. The minimum Gasteiger partial charge on any atom is -0.497 e. The van der Waals surface area contributed by atoms with Crippen LogP contribution in [0.2, 0.25) is 0 Å². The number of aryl methyl sites for hydroxylation is 1. The van der Waals surface area contributed by atoms with Crippen LogP contribution < -0.4 is 15.4 Å². The highest BCUT2D eigenvalue weighted by Crippen LogP contribution is 2.22. The number of nitrogens with one attached hydrogen (secondary N) is 2. The Morgan fingerprint density at radius 3 is 2.88 bits per heavy atom. The van der Waals surface area contributed by atoms with Crippen LogP contribution in [-0.4, -0.2) is 61.5 Å². The van der Waals surface area contributed by atoms with Gasteiger partial charge in [-0.2, -0.15) is 0 Å². The number of benzene rings is 1. The summed E-state index contributed by atoms with van der Waals surface area (Å²) in [5, 5.41) is 7.40. The van der Waals surface area contributed by atoms with Gasteiger partial charge in [-0.05, 0) is 31.5 Å². The van der Waals surface area contributed by atoms with Gasteiger partial charge < -0.3 is 14.8 Å². The quantitative estimate of drug-likeness (QED) is 0.770. The predicted octanol–water partition coefficient (Wildman–Crippen LogP) is 1.57. The molecule has 0 atom stereocenters. The number of ether oxygens (including phenoxy) is 2. The number of aliphatic imine (C=N–C) groups is 1. The van der Waals surface area contributed by atoms with E-state index in [2.05, 4.69) is 30.5 Å². The molecule has 134 valence electrons. The number of anilines is 1. The van der Waals surface area contributed by atoms with Gasteiger partial charge in [0.2, 0.25) is 11.9 Å². The second-order valence-corrected chi connectivity index (χ2v) is 5.86. The molecule has 0 unspecified atom stereocenters. The number of rotatable bonds is 6. The molecule has 8 heteroatoms. The van der Waals surface area contributed by atoms with Crippen molar-refractivity contribution in [2.45, 2.75) is 13.3 Å². The topological polar surface area (TPSA) is 83.9 Å². The summed E-state index contributed by atoms with van der Waals surface area (Å²) in [5.41, 5.74) is 1.76. The molecular formula is C17H24N6O2. The van der Waals surface area contributed by atoms with E-state index in [1.807, 2.05) is 25.1 Å². The Morgan fingerprint density at radius 1 is 1.28 bits per heavy atom. The molecule has 1 aliphatic heterocycles. The van der Waals surface area contributed by atoms with Crippen LogP contribution in [0.15, 0.2) is 23.2 Å². The average Bonchev–Trinajstić information content (AvgIpc) is 2.63. The number of hydrogen-bond donors (Lipinski definition) is 2. The van der Waals surface area contributed by atoms with Crippen molar-refractivity contribution in [3.63, 3.8) is 0 Å². The van der Waals surface area contributed by atoms with E-state index < -0.39 is 0 Å². The summed E-state index contributed by atoms with van der Waals surface area (Å²) >= 11 is 0. The van der Waals surface area contributed by atoms with Gasteiger partial charge in [0.15, 0.2) is 0 Å². The lowest BCUT2D eigenvalue weighted by Gasteiger charge is -2.26. The van der Waals surface area contributed by atoms with Crippen LogP contribution in [0.3, 0.4) is 0 Å². The van der Waals surface area contributed by atoms with Crippen LogP contribution in [0.5, 0.6) is 5.75 Å². The van der Waals surface area contributed by atoms with Crippen LogP contribution in [-0.2, 0) is 4.74 Å². The first-order valence-electron chi connectivity index (χ1n) is 8.28. The van der Waals surface area contributed by atoms with Gasteiger partial charge in [-0.3, -0.25) is 10.2 Å². The molecule has 0 aliphatic carbocycles. The molecule has 0 spiro atoms. The monoisotopic (exact) mass is 344 g/mol. The van der Waals surface area contributed by atoms with Crippen molar-refractivity contribution in [2.24, 2.45) is 4.99 Å². The van der Waals surface area contributed by atoms with Crippen molar-refractivity contribution >= 4 is 22.8 Å². The van der Waals surface area contributed by atoms with Crippen molar-refractivity contribution in [1.29, 1.82) is 0 Å². The summed E-state index contributed by atoms with van der Waals surface area (Å²) in [5.74, 6) is 2.02. The molecule has 0 amide bonds.